The summed E-state index contributed by atoms with van der Waals surface area (Å²) in [7, 11) is 1.66. The summed E-state index contributed by atoms with van der Waals surface area (Å²) in [5.74, 6) is 0.647. The molecule has 0 radical (unpaired) electrons. The number of carbonyl (C=O) groups is 1. The third kappa shape index (κ3) is 4.41. The number of hydrogen-bond donors (Lipinski definition) is 0. The van der Waals surface area contributed by atoms with Gasteiger partial charge in [-0.05, 0) is 37.3 Å². The van der Waals surface area contributed by atoms with Crippen molar-refractivity contribution in [2.75, 3.05) is 13.7 Å². The lowest BCUT2D eigenvalue weighted by molar-refractivity contribution is -0.145. The highest BCUT2D eigenvalue weighted by molar-refractivity contribution is 5.70. The first-order valence-electron chi connectivity index (χ1n) is 6.87. The number of esters is 1. The van der Waals surface area contributed by atoms with Crippen molar-refractivity contribution in [3.8, 4) is 5.75 Å². The molecule has 1 aromatic rings. The molecule has 0 amide bonds. The molecule has 0 aromatic heterocycles. The number of carbonyl (C=O) groups excluding carboxylic acids is 1. The molecule has 0 aliphatic heterocycles. The van der Waals surface area contributed by atoms with Crippen molar-refractivity contribution in [1.82, 2.24) is 0 Å². The summed E-state index contributed by atoms with van der Waals surface area (Å²) in [5, 5.41) is 0. The number of allylic oxidation sites excluding steroid dienone is 1. The van der Waals surface area contributed by atoms with Gasteiger partial charge in [-0.15, -0.1) is 6.58 Å². The highest BCUT2D eigenvalue weighted by atomic mass is 16.5. The van der Waals surface area contributed by atoms with Crippen molar-refractivity contribution in [3.63, 3.8) is 0 Å². The van der Waals surface area contributed by atoms with Crippen LogP contribution in [0, 0.1) is 12.3 Å². The van der Waals surface area contributed by atoms with Crippen LogP contribution in [0.25, 0.3) is 0 Å². The Kier molecular flexibility index (Phi) is 5.81. The monoisotopic (exact) mass is 276 g/mol. The lowest BCUT2D eigenvalue weighted by Gasteiger charge is -2.25. The first-order chi connectivity index (χ1) is 9.44. The van der Waals surface area contributed by atoms with E-state index >= 15 is 0 Å². The molecular weight excluding hydrogens is 252 g/mol. The van der Waals surface area contributed by atoms with E-state index in [4.69, 9.17) is 9.47 Å². The molecule has 0 aliphatic rings. The van der Waals surface area contributed by atoms with Gasteiger partial charge in [0, 0.05) is 0 Å². The summed E-state index contributed by atoms with van der Waals surface area (Å²) < 4.78 is 10.4. The van der Waals surface area contributed by atoms with E-state index in [9.17, 15) is 4.79 Å². The van der Waals surface area contributed by atoms with Gasteiger partial charge >= 0.3 is 5.97 Å². The molecule has 1 atom stereocenters. The third-order valence-corrected chi connectivity index (χ3v) is 3.38. The minimum absolute atomic E-state index is 0.193. The van der Waals surface area contributed by atoms with Gasteiger partial charge in [-0.2, -0.15) is 0 Å². The maximum absolute atomic E-state index is 11.7. The Morgan fingerprint density at radius 3 is 2.70 bits per heavy atom. The average molecular weight is 276 g/mol. The zero-order chi connectivity index (χ0) is 15.2. The van der Waals surface area contributed by atoms with Gasteiger partial charge in [-0.1, -0.05) is 30.7 Å². The highest BCUT2D eigenvalue weighted by Crippen LogP contribution is 2.32. The molecule has 20 heavy (non-hydrogen) atoms. The van der Waals surface area contributed by atoms with E-state index in [0.717, 1.165) is 11.3 Å². The number of aryl methyl sites for hydroxylation is 1. The van der Waals surface area contributed by atoms with Crippen LogP contribution in [0.3, 0.4) is 0 Å². The van der Waals surface area contributed by atoms with E-state index in [0.29, 0.717) is 19.4 Å². The average Bonchev–Trinajstić information content (AvgIpc) is 2.39. The van der Waals surface area contributed by atoms with E-state index in [2.05, 4.69) is 12.6 Å². The zero-order valence-electron chi connectivity index (χ0n) is 12.9. The van der Waals surface area contributed by atoms with Crippen molar-refractivity contribution in [3.05, 3.63) is 42.0 Å². The molecule has 1 unspecified atom stereocenters. The zero-order valence-corrected chi connectivity index (χ0v) is 12.9. The minimum Gasteiger partial charge on any atom is -0.496 e. The minimum atomic E-state index is -0.340. The van der Waals surface area contributed by atoms with Gasteiger partial charge in [-0.25, -0.2) is 0 Å². The standard InChI is InChI=1S/C17H24O3/c1-6-17(4,12-16(18)20-7-2)11-14-10-13(3)8-9-15(14)19-5/h6,8-10H,1,7,11-12H2,2-5H3. The second kappa shape index (κ2) is 7.13. The number of methoxy groups -OCH3 is 1. The summed E-state index contributed by atoms with van der Waals surface area (Å²) in [4.78, 5) is 11.7. The maximum atomic E-state index is 11.7. The molecule has 3 nitrogen and oxygen atoms in total. The maximum Gasteiger partial charge on any atom is 0.306 e. The fourth-order valence-electron chi connectivity index (χ4n) is 2.23. The van der Waals surface area contributed by atoms with E-state index in [1.807, 2.05) is 39.0 Å². The molecule has 0 aliphatic carbocycles. The number of hydrogen-bond acceptors (Lipinski definition) is 3. The lowest BCUT2D eigenvalue weighted by atomic mass is 9.80. The van der Waals surface area contributed by atoms with Crippen LogP contribution in [-0.4, -0.2) is 19.7 Å². The smallest absolute Gasteiger partial charge is 0.306 e. The Labute approximate surface area is 121 Å². The Hall–Kier alpha value is -1.77. The van der Waals surface area contributed by atoms with E-state index in [1.165, 1.54) is 5.56 Å². The Bertz CT molecular complexity index is 479. The Morgan fingerprint density at radius 2 is 2.15 bits per heavy atom. The van der Waals surface area contributed by atoms with Crippen molar-refractivity contribution in [2.45, 2.75) is 33.6 Å². The molecule has 1 rings (SSSR count). The summed E-state index contributed by atoms with van der Waals surface area (Å²) in [6.45, 7) is 10.1. The molecule has 0 N–H and O–H groups in total. The van der Waals surface area contributed by atoms with Gasteiger partial charge in [0.05, 0.1) is 20.1 Å². The van der Waals surface area contributed by atoms with Gasteiger partial charge in [0.1, 0.15) is 5.75 Å². The molecule has 0 bridgehead atoms. The fraction of sp³-hybridized carbons (Fsp3) is 0.471. The van der Waals surface area contributed by atoms with Gasteiger partial charge in [0.15, 0.2) is 0 Å². The number of ether oxygens (including phenoxy) is 2. The molecule has 0 saturated heterocycles. The predicted octanol–water partition coefficient (Wildman–Crippen LogP) is 3.69. The molecule has 3 heteroatoms. The second-order valence-corrected chi connectivity index (χ2v) is 5.33. The van der Waals surface area contributed by atoms with Gasteiger partial charge < -0.3 is 9.47 Å². The molecule has 0 heterocycles. The van der Waals surface area contributed by atoms with Crippen molar-refractivity contribution in [2.24, 2.45) is 5.41 Å². The summed E-state index contributed by atoms with van der Waals surface area (Å²) in [6, 6.07) is 6.06. The van der Waals surface area contributed by atoms with Crippen LogP contribution in [0.5, 0.6) is 5.75 Å². The van der Waals surface area contributed by atoms with Gasteiger partial charge in [0.2, 0.25) is 0 Å². The quantitative estimate of drug-likeness (QED) is 0.563. The second-order valence-electron chi connectivity index (χ2n) is 5.33. The van der Waals surface area contributed by atoms with Crippen LogP contribution < -0.4 is 4.74 Å². The molecule has 0 fully saturated rings. The predicted molar refractivity (Wildman–Crippen MR) is 81.0 cm³/mol. The molecule has 110 valence electrons. The van der Waals surface area contributed by atoms with E-state index in [-0.39, 0.29) is 11.4 Å². The SMILES string of the molecule is C=CC(C)(CC(=O)OCC)Cc1cc(C)ccc1OC. The van der Waals surface area contributed by atoms with Crippen molar-refractivity contribution in [1.29, 1.82) is 0 Å². The van der Waals surface area contributed by atoms with Crippen LogP contribution in [0.1, 0.15) is 31.4 Å². The van der Waals surface area contributed by atoms with Crippen molar-refractivity contribution >= 4 is 5.97 Å². The normalized spacial score (nSPS) is 13.4. The fourth-order valence-corrected chi connectivity index (χ4v) is 2.23. The largest absolute Gasteiger partial charge is 0.496 e. The van der Waals surface area contributed by atoms with Gasteiger partial charge in [-0.3, -0.25) is 4.79 Å². The highest BCUT2D eigenvalue weighted by Gasteiger charge is 2.26. The molecular formula is C17H24O3. The first-order valence-corrected chi connectivity index (χ1v) is 6.87. The van der Waals surface area contributed by atoms with Crippen LogP contribution in [0.2, 0.25) is 0 Å². The summed E-state index contributed by atoms with van der Waals surface area (Å²) in [5.41, 5.74) is 1.91. The molecule has 0 spiro atoms. The van der Waals surface area contributed by atoms with Gasteiger partial charge in [0.25, 0.3) is 0 Å². The number of rotatable bonds is 7. The summed E-state index contributed by atoms with van der Waals surface area (Å²) >= 11 is 0. The Balaban J connectivity index is 2.94. The Morgan fingerprint density at radius 1 is 1.45 bits per heavy atom. The van der Waals surface area contributed by atoms with E-state index < -0.39 is 0 Å². The molecule has 0 saturated carbocycles. The third-order valence-electron chi connectivity index (χ3n) is 3.38. The van der Waals surface area contributed by atoms with Crippen molar-refractivity contribution < 1.29 is 14.3 Å². The lowest BCUT2D eigenvalue weighted by Crippen LogP contribution is -2.23. The first kappa shape index (κ1) is 16.3. The molecule has 1 aromatic carbocycles. The van der Waals surface area contributed by atoms with Crippen LogP contribution in [0.15, 0.2) is 30.9 Å². The summed E-state index contributed by atoms with van der Waals surface area (Å²) in [6.07, 6.45) is 2.84. The topological polar surface area (TPSA) is 35.5 Å². The van der Waals surface area contributed by atoms with E-state index in [1.54, 1.807) is 7.11 Å². The number of benzene rings is 1. The van der Waals surface area contributed by atoms with Crippen LogP contribution in [-0.2, 0) is 16.0 Å². The van der Waals surface area contributed by atoms with Crippen LogP contribution >= 0.6 is 0 Å². The van der Waals surface area contributed by atoms with Crippen LogP contribution in [0.4, 0.5) is 0 Å².